The Hall–Kier alpha value is -6.14. The molecule has 62 heavy (non-hydrogen) atoms. The van der Waals surface area contributed by atoms with Crippen molar-refractivity contribution in [2.45, 2.75) is 95.0 Å². The molecule has 10 rings (SSSR count). The van der Waals surface area contributed by atoms with Crippen molar-refractivity contribution in [1.29, 1.82) is 0 Å². The number of nitrogens with zero attached hydrogens (tertiary/aromatic N) is 4. The predicted octanol–water partition coefficient (Wildman–Crippen LogP) is 5.85. The van der Waals surface area contributed by atoms with Crippen LogP contribution < -0.4 is 10.6 Å². The molecule has 4 fully saturated rings. The lowest BCUT2D eigenvalue weighted by atomic mass is 9.90. The van der Waals surface area contributed by atoms with E-state index in [1.165, 1.54) is 19.8 Å². The van der Waals surface area contributed by atoms with Gasteiger partial charge in [-0.1, -0.05) is 56.0 Å². The predicted molar refractivity (Wildman–Crippen MR) is 229 cm³/mol. The lowest BCUT2D eigenvalue weighted by Crippen LogP contribution is -2.54. The van der Waals surface area contributed by atoms with Gasteiger partial charge in [0.1, 0.15) is 23.7 Å². The molecular weight excluding hydrogens is 789 g/mol. The van der Waals surface area contributed by atoms with E-state index in [4.69, 9.17) is 24.2 Å². The van der Waals surface area contributed by atoms with Crippen LogP contribution in [-0.4, -0.2) is 105 Å². The molecule has 8 atom stereocenters. The number of aromatic amines is 2. The molecule has 4 amide bonds. The molecule has 4 N–H and O–H groups in total. The molecule has 322 valence electrons. The van der Waals surface area contributed by atoms with Crippen molar-refractivity contribution in [3.63, 3.8) is 0 Å². The fraction of sp³-hybridized carbons (Fsp3) is 0.489. The lowest BCUT2D eigenvalue weighted by Gasteiger charge is -2.35. The van der Waals surface area contributed by atoms with Gasteiger partial charge in [0.15, 0.2) is 6.04 Å². The van der Waals surface area contributed by atoms with Gasteiger partial charge in [-0.05, 0) is 97.4 Å². The summed E-state index contributed by atoms with van der Waals surface area (Å²) < 4.78 is 15.3. The molecule has 5 heterocycles. The smallest absolute Gasteiger partial charge is 0.407 e. The Labute approximate surface area is 359 Å². The number of methoxy groups -OCH3 is 2. The van der Waals surface area contributed by atoms with Gasteiger partial charge in [-0.2, -0.15) is 0 Å². The second-order valence-electron chi connectivity index (χ2n) is 17.9. The summed E-state index contributed by atoms with van der Waals surface area (Å²) in [7, 11) is 2.61. The second kappa shape index (κ2) is 16.0. The number of hydrogen-bond acceptors (Lipinski definition) is 9. The van der Waals surface area contributed by atoms with E-state index in [1.54, 1.807) is 4.90 Å². The molecule has 15 nitrogen and oxygen atoms in total. The van der Waals surface area contributed by atoms with Gasteiger partial charge in [0.25, 0.3) is 0 Å². The van der Waals surface area contributed by atoms with Gasteiger partial charge in [0, 0.05) is 36.6 Å². The molecule has 3 aromatic carbocycles. The number of alkyl carbamates (subject to hydrolysis) is 2. The van der Waals surface area contributed by atoms with Crippen LogP contribution in [0.4, 0.5) is 9.59 Å². The molecule has 2 saturated heterocycles. The van der Waals surface area contributed by atoms with Crippen LogP contribution in [0.1, 0.15) is 80.8 Å². The van der Waals surface area contributed by atoms with Gasteiger partial charge in [0.2, 0.25) is 11.8 Å². The first-order valence-corrected chi connectivity index (χ1v) is 21.9. The van der Waals surface area contributed by atoms with Crippen molar-refractivity contribution < 1.29 is 33.4 Å². The minimum atomic E-state index is -0.745. The summed E-state index contributed by atoms with van der Waals surface area (Å²) in [6, 6.07) is 14.9. The normalized spacial score (nSPS) is 24.9. The van der Waals surface area contributed by atoms with Crippen molar-refractivity contribution in [3.05, 3.63) is 71.3 Å². The third-order valence-corrected chi connectivity index (χ3v) is 13.7. The van der Waals surface area contributed by atoms with Crippen molar-refractivity contribution in [3.8, 4) is 11.8 Å². The monoisotopic (exact) mass is 840 g/mol. The number of piperidine rings is 1. The zero-order valence-electron chi connectivity index (χ0n) is 35.4. The average Bonchev–Trinajstić information content (AvgIpc) is 4.09. The number of benzene rings is 3. The fourth-order valence-corrected chi connectivity index (χ4v) is 10.1. The van der Waals surface area contributed by atoms with E-state index in [-0.39, 0.29) is 47.7 Å². The van der Waals surface area contributed by atoms with Gasteiger partial charge < -0.3 is 44.6 Å². The molecule has 5 aliphatic rings. The van der Waals surface area contributed by atoms with Crippen molar-refractivity contribution >= 4 is 56.8 Å². The Bertz CT molecular complexity index is 2660. The maximum Gasteiger partial charge on any atom is 0.407 e. The summed E-state index contributed by atoms with van der Waals surface area (Å²) >= 11 is 0. The molecule has 2 aliphatic carbocycles. The molecular formula is C47H52N8O7. The van der Waals surface area contributed by atoms with Gasteiger partial charge in [-0.3, -0.25) is 9.59 Å². The molecule has 2 saturated carbocycles. The third-order valence-electron chi connectivity index (χ3n) is 13.7. The number of aryl methyl sites for hydroxylation is 2. The van der Waals surface area contributed by atoms with Crippen LogP contribution in [-0.2, 0) is 36.6 Å². The fourth-order valence-electron chi connectivity index (χ4n) is 10.1. The first kappa shape index (κ1) is 40.0. The first-order chi connectivity index (χ1) is 30.1. The highest BCUT2D eigenvalue weighted by atomic mass is 16.5. The number of imidazole rings is 2. The number of hydrogen-bond donors (Lipinski definition) is 4. The number of rotatable bonds is 11. The summed E-state index contributed by atoms with van der Waals surface area (Å²) in [4.78, 5) is 73.7. The minimum Gasteiger partial charge on any atom is -0.453 e. The van der Waals surface area contributed by atoms with E-state index in [0.717, 1.165) is 76.3 Å². The number of carbonyl (C=O) groups is 4. The van der Waals surface area contributed by atoms with Crippen LogP contribution in [0.3, 0.4) is 0 Å². The zero-order valence-corrected chi connectivity index (χ0v) is 35.4. The van der Waals surface area contributed by atoms with Gasteiger partial charge >= 0.3 is 12.2 Å². The topological polar surface area (TPSA) is 184 Å². The lowest BCUT2D eigenvalue weighted by molar-refractivity contribution is -0.138. The van der Waals surface area contributed by atoms with Crippen LogP contribution >= 0.6 is 0 Å². The number of likely N-dealkylation sites (tertiary alicyclic amines) is 1. The SMILES string of the molecule is COC(=O)N[C@H](C(=O)N1[C@@H]2CC2C#C[C@H]1c1nc2ccc(CCc3ccc4c(ccc5[nH]c([C@@H]6CC7C[C@H]7N6C(=O)[C@@H](NC(=O)OC)C6CCOCC6)nc54)c3)cc2[nH]1)C(C)C. The number of carbonyl (C=O) groups excluding carboxylic acids is 4. The van der Waals surface area contributed by atoms with Gasteiger partial charge in [-0.15, -0.1) is 0 Å². The highest BCUT2D eigenvalue weighted by Gasteiger charge is 2.57. The van der Waals surface area contributed by atoms with E-state index in [1.807, 2.05) is 24.8 Å². The Balaban J connectivity index is 0.845. The number of fused-ring (bicyclic) bond motifs is 6. The molecule has 5 aromatic rings. The summed E-state index contributed by atoms with van der Waals surface area (Å²) in [5.41, 5.74) is 5.85. The van der Waals surface area contributed by atoms with E-state index in [2.05, 4.69) is 74.9 Å². The maximum atomic E-state index is 14.3. The van der Waals surface area contributed by atoms with Gasteiger partial charge in [-0.25, -0.2) is 19.6 Å². The minimum absolute atomic E-state index is 0.0105. The highest BCUT2D eigenvalue weighted by Crippen LogP contribution is 2.54. The summed E-state index contributed by atoms with van der Waals surface area (Å²) in [6.07, 6.45) is 4.42. The van der Waals surface area contributed by atoms with Crippen molar-refractivity contribution in [2.24, 2.45) is 23.7 Å². The molecule has 0 bridgehead atoms. The zero-order chi connectivity index (χ0) is 42.8. The van der Waals surface area contributed by atoms with E-state index in [9.17, 15) is 19.2 Å². The Morgan fingerprint density at radius 1 is 0.806 bits per heavy atom. The third kappa shape index (κ3) is 7.37. The number of ether oxygens (including phenoxy) is 3. The summed E-state index contributed by atoms with van der Waals surface area (Å²) in [5.74, 6) is 8.14. The number of aromatic nitrogens is 4. The molecule has 3 aliphatic heterocycles. The van der Waals surface area contributed by atoms with E-state index >= 15 is 0 Å². The van der Waals surface area contributed by atoms with Crippen molar-refractivity contribution in [1.82, 2.24) is 40.4 Å². The Morgan fingerprint density at radius 3 is 2.32 bits per heavy atom. The second-order valence-corrected chi connectivity index (χ2v) is 17.9. The number of nitrogens with one attached hydrogen (secondary N) is 4. The summed E-state index contributed by atoms with van der Waals surface area (Å²) in [6.45, 7) is 4.93. The van der Waals surface area contributed by atoms with E-state index in [0.29, 0.717) is 37.8 Å². The van der Waals surface area contributed by atoms with Crippen LogP contribution in [0.25, 0.3) is 32.8 Å². The van der Waals surface area contributed by atoms with Gasteiger partial charge in [0.05, 0.1) is 42.3 Å². The molecule has 0 radical (unpaired) electrons. The Morgan fingerprint density at radius 2 is 1.55 bits per heavy atom. The van der Waals surface area contributed by atoms with Crippen LogP contribution in [0.15, 0.2) is 48.5 Å². The Kier molecular flexibility index (Phi) is 10.3. The van der Waals surface area contributed by atoms with Crippen LogP contribution in [0.2, 0.25) is 0 Å². The molecule has 2 unspecified atom stereocenters. The largest absolute Gasteiger partial charge is 0.453 e. The number of H-pyrrole nitrogens is 2. The molecule has 15 heteroatoms. The van der Waals surface area contributed by atoms with Crippen molar-refractivity contribution in [2.75, 3.05) is 27.4 Å². The standard InChI is InChI=1S/C47H52N8O7/c1-24(2)39(52-46(58)60-3)44(56)54-35(14-10-29-21-36(29)54)42-48-32-12-8-26(20-34(32)50-42)6-5-25-7-11-31-28(19-25)9-13-33-41(31)51-43(49-33)38-23-30-22-37(30)55(38)45(57)40(53-47(59)61-4)27-15-17-62-18-16-27/h7-9,11-13,19-20,24,27,29-30,35-40H,5-6,15-18,21-23H2,1-4H3,(H,48,50)(H,49,51)(H,52,58)(H,53,59)/t29?,30?,35-,36+,37+,38-,39-,40-/m0/s1. The van der Waals surface area contributed by atoms with E-state index < -0.39 is 30.3 Å². The average molecular weight is 841 g/mol. The number of amides is 4. The summed E-state index contributed by atoms with van der Waals surface area (Å²) in [5, 5.41) is 7.74. The molecule has 0 spiro atoms. The highest BCUT2D eigenvalue weighted by molar-refractivity contribution is 6.04. The first-order valence-electron chi connectivity index (χ1n) is 21.9. The van der Waals surface area contributed by atoms with Crippen LogP contribution in [0, 0.1) is 35.5 Å². The van der Waals surface area contributed by atoms with Crippen LogP contribution in [0.5, 0.6) is 0 Å². The quantitative estimate of drug-likeness (QED) is 0.119. The maximum absolute atomic E-state index is 14.3. The molecule has 2 aromatic heterocycles.